The molecule has 0 saturated heterocycles. The molecule has 0 fully saturated rings. The molecule has 0 aliphatic rings. The van der Waals surface area contributed by atoms with Crippen molar-refractivity contribution < 1.29 is 0 Å². The van der Waals surface area contributed by atoms with E-state index in [4.69, 9.17) is 0 Å². The standard InChI is InChI=1S/C23H21N3O/c1-16(2)18-6-4-8-20(12-18)19-7-3-5-17(11-19)15-26-22-13-24-10-9-21(22)25-14-23(26)27/h3-14,16H,15H2,1-2H3. The zero-order valence-corrected chi connectivity index (χ0v) is 15.5. The molecule has 0 saturated carbocycles. The first kappa shape index (κ1) is 17.2. The van der Waals surface area contributed by atoms with Gasteiger partial charge in [0.05, 0.1) is 30.0 Å². The maximum Gasteiger partial charge on any atom is 0.269 e. The maximum absolute atomic E-state index is 12.4. The minimum Gasteiger partial charge on any atom is -0.300 e. The zero-order chi connectivity index (χ0) is 18.8. The molecule has 2 heterocycles. The van der Waals surface area contributed by atoms with Crippen LogP contribution in [-0.2, 0) is 6.54 Å². The minimum absolute atomic E-state index is 0.122. The van der Waals surface area contributed by atoms with E-state index in [0.717, 1.165) is 22.2 Å². The summed E-state index contributed by atoms with van der Waals surface area (Å²) in [5.41, 5.74) is 6.13. The Morgan fingerprint density at radius 1 is 0.963 bits per heavy atom. The Hall–Kier alpha value is -3.27. The van der Waals surface area contributed by atoms with Crippen molar-refractivity contribution in [1.82, 2.24) is 14.5 Å². The van der Waals surface area contributed by atoms with E-state index in [-0.39, 0.29) is 5.56 Å². The average Bonchev–Trinajstić information content (AvgIpc) is 2.70. The number of aromatic nitrogens is 3. The van der Waals surface area contributed by atoms with Crippen molar-refractivity contribution in [2.45, 2.75) is 26.3 Å². The van der Waals surface area contributed by atoms with Crippen LogP contribution < -0.4 is 5.56 Å². The Labute approximate surface area is 158 Å². The van der Waals surface area contributed by atoms with Gasteiger partial charge in [-0.15, -0.1) is 0 Å². The normalized spacial score (nSPS) is 11.2. The molecule has 0 unspecified atom stereocenters. The number of pyridine rings is 1. The van der Waals surface area contributed by atoms with Crippen molar-refractivity contribution in [3.05, 3.63) is 94.7 Å². The van der Waals surface area contributed by atoms with Gasteiger partial charge in [-0.1, -0.05) is 56.3 Å². The average molecular weight is 355 g/mol. The third-order valence-electron chi connectivity index (χ3n) is 4.80. The number of hydrogen-bond donors (Lipinski definition) is 0. The number of hydrogen-bond acceptors (Lipinski definition) is 3. The second-order valence-corrected chi connectivity index (χ2v) is 7.03. The maximum atomic E-state index is 12.4. The summed E-state index contributed by atoms with van der Waals surface area (Å²) in [6.07, 6.45) is 4.75. The molecule has 2 aromatic carbocycles. The van der Waals surface area contributed by atoms with Crippen LogP contribution in [0.4, 0.5) is 0 Å². The fourth-order valence-electron chi connectivity index (χ4n) is 3.28. The lowest BCUT2D eigenvalue weighted by molar-refractivity contribution is 0.785. The highest BCUT2D eigenvalue weighted by molar-refractivity contribution is 5.73. The molecular formula is C23H21N3O. The highest BCUT2D eigenvalue weighted by Gasteiger charge is 2.07. The Morgan fingerprint density at radius 2 is 1.74 bits per heavy atom. The third kappa shape index (κ3) is 3.51. The number of rotatable bonds is 4. The molecule has 2 aromatic heterocycles. The molecule has 0 amide bonds. The summed E-state index contributed by atoms with van der Waals surface area (Å²) in [5, 5.41) is 0. The van der Waals surface area contributed by atoms with Crippen LogP contribution in [0.1, 0.15) is 30.9 Å². The summed E-state index contributed by atoms with van der Waals surface area (Å²) >= 11 is 0. The van der Waals surface area contributed by atoms with Gasteiger partial charge in [-0.05, 0) is 40.3 Å². The van der Waals surface area contributed by atoms with Gasteiger partial charge in [0.15, 0.2) is 0 Å². The number of fused-ring (bicyclic) bond motifs is 1. The molecule has 4 rings (SSSR count). The predicted octanol–water partition coefficient (Wildman–Crippen LogP) is 4.63. The van der Waals surface area contributed by atoms with Crippen LogP contribution >= 0.6 is 0 Å². The van der Waals surface area contributed by atoms with E-state index in [2.05, 4.69) is 60.2 Å². The first-order valence-electron chi connectivity index (χ1n) is 9.10. The molecule has 134 valence electrons. The van der Waals surface area contributed by atoms with E-state index in [9.17, 15) is 4.79 Å². The van der Waals surface area contributed by atoms with E-state index in [1.165, 1.54) is 17.3 Å². The Kier molecular flexibility index (Phi) is 4.55. The summed E-state index contributed by atoms with van der Waals surface area (Å²) in [6.45, 7) is 4.89. The summed E-state index contributed by atoms with van der Waals surface area (Å²) in [4.78, 5) is 20.7. The molecule has 0 aliphatic heterocycles. The van der Waals surface area contributed by atoms with Gasteiger partial charge in [0, 0.05) is 6.20 Å². The summed E-state index contributed by atoms with van der Waals surface area (Å²) < 4.78 is 1.72. The molecule has 0 bridgehead atoms. The van der Waals surface area contributed by atoms with Gasteiger partial charge in [0.1, 0.15) is 0 Å². The second kappa shape index (κ2) is 7.16. The Balaban J connectivity index is 1.73. The van der Waals surface area contributed by atoms with Crippen LogP contribution in [0.25, 0.3) is 22.2 Å². The van der Waals surface area contributed by atoms with E-state index >= 15 is 0 Å². The van der Waals surface area contributed by atoms with Crippen LogP contribution in [0.3, 0.4) is 0 Å². The first-order chi connectivity index (χ1) is 13.1. The monoisotopic (exact) mass is 355 g/mol. The van der Waals surface area contributed by atoms with Gasteiger partial charge in [0.25, 0.3) is 5.56 Å². The van der Waals surface area contributed by atoms with Gasteiger partial charge in [0.2, 0.25) is 0 Å². The van der Waals surface area contributed by atoms with E-state index in [1.807, 2.05) is 18.2 Å². The lowest BCUT2D eigenvalue weighted by atomic mass is 9.96. The molecule has 0 spiro atoms. The smallest absolute Gasteiger partial charge is 0.269 e. The van der Waals surface area contributed by atoms with Crippen LogP contribution in [-0.4, -0.2) is 14.5 Å². The highest BCUT2D eigenvalue weighted by atomic mass is 16.1. The van der Waals surface area contributed by atoms with Crippen molar-refractivity contribution in [3.63, 3.8) is 0 Å². The van der Waals surface area contributed by atoms with Crippen molar-refractivity contribution in [1.29, 1.82) is 0 Å². The van der Waals surface area contributed by atoms with Gasteiger partial charge in [-0.25, -0.2) is 4.98 Å². The van der Waals surface area contributed by atoms with Gasteiger partial charge < -0.3 is 0 Å². The topological polar surface area (TPSA) is 47.8 Å². The second-order valence-electron chi connectivity index (χ2n) is 7.03. The van der Waals surface area contributed by atoms with Crippen molar-refractivity contribution in [3.8, 4) is 11.1 Å². The van der Waals surface area contributed by atoms with Gasteiger partial charge >= 0.3 is 0 Å². The molecule has 4 aromatic rings. The quantitative estimate of drug-likeness (QED) is 0.536. The molecular weight excluding hydrogens is 334 g/mol. The van der Waals surface area contributed by atoms with Crippen molar-refractivity contribution in [2.24, 2.45) is 0 Å². The third-order valence-corrected chi connectivity index (χ3v) is 4.80. The molecule has 27 heavy (non-hydrogen) atoms. The summed E-state index contributed by atoms with van der Waals surface area (Å²) in [5.74, 6) is 0.488. The summed E-state index contributed by atoms with van der Waals surface area (Å²) in [7, 11) is 0. The lowest BCUT2D eigenvalue weighted by Gasteiger charge is -2.12. The molecule has 4 heteroatoms. The SMILES string of the molecule is CC(C)c1cccc(-c2cccc(Cn3c(=O)cnc4ccncc43)c2)c1. The predicted molar refractivity (Wildman–Crippen MR) is 109 cm³/mol. The van der Waals surface area contributed by atoms with Crippen LogP contribution in [0.2, 0.25) is 0 Å². The van der Waals surface area contributed by atoms with Crippen LogP contribution in [0.5, 0.6) is 0 Å². The largest absolute Gasteiger partial charge is 0.300 e. The fraction of sp³-hybridized carbons (Fsp3) is 0.174. The van der Waals surface area contributed by atoms with E-state index in [0.29, 0.717) is 12.5 Å². The van der Waals surface area contributed by atoms with Crippen LogP contribution in [0, 0.1) is 0 Å². The minimum atomic E-state index is -0.122. The Morgan fingerprint density at radius 3 is 2.56 bits per heavy atom. The van der Waals surface area contributed by atoms with Crippen molar-refractivity contribution >= 4 is 11.0 Å². The number of nitrogens with zero attached hydrogens (tertiary/aromatic N) is 3. The number of benzene rings is 2. The molecule has 0 radical (unpaired) electrons. The fourth-order valence-corrected chi connectivity index (χ4v) is 3.28. The zero-order valence-electron chi connectivity index (χ0n) is 15.5. The summed E-state index contributed by atoms with van der Waals surface area (Å²) in [6, 6.07) is 18.8. The van der Waals surface area contributed by atoms with E-state index in [1.54, 1.807) is 17.0 Å². The van der Waals surface area contributed by atoms with Crippen LogP contribution in [0.15, 0.2) is 78.0 Å². The molecule has 0 atom stereocenters. The van der Waals surface area contributed by atoms with Gasteiger partial charge in [-0.3, -0.25) is 14.3 Å². The molecule has 0 aliphatic carbocycles. The highest BCUT2D eigenvalue weighted by Crippen LogP contribution is 2.25. The Bertz CT molecular complexity index is 1160. The lowest BCUT2D eigenvalue weighted by Crippen LogP contribution is -2.21. The first-order valence-corrected chi connectivity index (χ1v) is 9.10. The van der Waals surface area contributed by atoms with E-state index < -0.39 is 0 Å². The molecule has 0 N–H and O–H groups in total. The van der Waals surface area contributed by atoms with Crippen molar-refractivity contribution in [2.75, 3.05) is 0 Å². The molecule has 4 nitrogen and oxygen atoms in total. The van der Waals surface area contributed by atoms with Gasteiger partial charge in [-0.2, -0.15) is 0 Å².